The minimum absolute atomic E-state index is 0.361. The van der Waals surface area contributed by atoms with E-state index in [4.69, 9.17) is 16.9 Å². The lowest BCUT2D eigenvalue weighted by atomic mass is 9.99. The van der Waals surface area contributed by atoms with E-state index >= 15 is 0 Å². The molecule has 1 heterocycles. The SMILES string of the molecule is Cc1cc(C#N)nn1Cc1cc(Cl)ccc1CCc1ccc(F)cc1F. The van der Waals surface area contributed by atoms with E-state index in [0.717, 1.165) is 22.9 Å². The van der Waals surface area contributed by atoms with Gasteiger partial charge in [0.15, 0.2) is 5.69 Å². The zero-order chi connectivity index (χ0) is 18.7. The minimum atomic E-state index is -0.583. The van der Waals surface area contributed by atoms with E-state index in [2.05, 4.69) is 5.10 Å². The molecule has 0 aliphatic rings. The number of aryl methyl sites for hydroxylation is 3. The number of aromatic nitrogens is 2. The Morgan fingerprint density at radius 2 is 1.77 bits per heavy atom. The van der Waals surface area contributed by atoms with Crippen LogP contribution in [0.15, 0.2) is 42.5 Å². The topological polar surface area (TPSA) is 41.6 Å². The van der Waals surface area contributed by atoms with Gasteiger partial charge in [0, 0.05) is 16.8 Å². The van der Waals surface area contributed by atoms with Gasteiger partial charge >= 0.3 is 0 Å². The molecular weight excluding hydrogens is 356 g/mol. The van der Waals surface area contributed by atoms with E-state index < -0.39 is 11.6 Å². The number of hydrogen-bond acceptors (Lipinski definition) is 2. The molecule has 0 radical (unpaired) electrons. The first-order valence-corrected chi connectivity index (χ1v) is 8.50. The van der Waals surface area contributed by atoms with Crippen LogP contribution in [0.3, 0.4) is 0 Å². The van der Waals surface area contributed by atoms with Crippen molar-refractivity contribution in [1.29, 1.82) is 5.26 Å². The summed E-state index contributed by atoms with van der Waals surface area (Å²) in [5, 5.41) is 13.8. The summed E-state index contributed by atoms with van der Waals surface area (Å²) in [4.78, 5) is 0. The quantitative estimate of drug-likeness (QED) is 0.644. The minimum Gasteiger partial charge on any atom is -0.264 e. The van der Waals surface area contributed by atoms with Gasteiger partial charge in [0.2, 0.25) is 0 Å². The maximum atomic E-state index is 13.9. The highest BCUT2D eigenvalue weighted by atomic mass is 35.5. The molecule has 0 amide bonds. The van der Waals surface area contributed by atoms with E-state index in [9.17, 15) is 8.78 Å². The number of nitrogens with zero attached hydrogens (tertiary/aromatic N) is 3. The molecule has 0 N–H and O–H groups in total. The molecule has 2 aromatic carbocycles. The molecule has 0 unspecified atom stereocenters. The van der Waals surface area contributed by atoms with E-state index in [0.29, 0.717) is 35.7 Å². The van der Waals surface area contributed by atoms with Crippen LogP contribution < -0.4 is 0 Å². The van der Waals surface area contributed by atoms with E-state index in [1.54, 1.807) is 16.8 Å². The predicted molar refractivity (Wildman–Crippen MR) is 96.0 cm³/mol. The molecule has 3 aromatic rings. The molecule has 0 atom stereocenters. The van der Waals surface area contributed by atoms with Crippen molar-refractivity contribution in [3.63, 3.8) is 0 Å². The molecule has 0 saturated heterocycles. The van der Waals surface area contributed by atoms with Gasteiger partial charge in [-0.15, -0.1) is 0 Å². The second-order valence-electron chi connectivity index (χ2n) is 6.09. The van der Waals surface area contributed by atoms with Gasteiger partial charge in [-0.1, -0.05) is 23.7 Å². The first-order valence-electron chi connectivity index (χ1n) is 8.12. The third-order valence-electron chi connectivity index (χ3n) is 4.26. The third kappa shape index (κ3) is 4.09. The van der Waals surface area contributed by atoms with Gasteiger partial charge in [-0.05, 0) is 60.7 Å². The second kappa shape index (κ2) is 7.67. The molecule has 0 aliphatic carbocycles. The average Bonchev–Trinajstić information content (AvgIpc) is 2.95. The summed E-state index contributed by atoms with van der Waals surface area (Å²) < 4.78 is 28.6. The number of benzene rings is 2. The third-order valence-corrected chi connectivity index (χ3v) is 4.50. The molecule has 0 aliphatic heterocycles. The number of nitriles is 1. The molecule has 26 heavy (non-hydrogen) atoms. The maximum absolute atomic E-state index is 13.9. The van der Waals surface area contributed by atoms with Crippen molar-refractivity contribution in [2.24, 2.45) is 0 Å². The average molecular weight is 372 g/mol. The monoisotopic (exact) mass is 371 g/mol. The van der Waals surface area contributed by atoms with E-state index in [1.165, 1.54) is 12.1 Å². The molecule has 6 heteroatoms. The summed E-state index contributed by atoms with van der Waals surface area (Å²) in [5.41, 5.74) is 3.66. The Kier molecular flexibility index (Phi) is 5.34. The lowest BCUT2D eigenvalue weighted by molar-refractivity contribution is 0.571. The Morgan fingerprint density at radius 3 is 2.46 bits per heavy atom. The smallest absolute Gasteiger partial charge is 0.162 e. The molecular formula is C20H16ClF2N3. The van der Waals surface area contributed by atoms with Crippen molar-refractivity contribution in [2.75, 3.05) is 0 Å². The number of halogens is 3. The van der Waals surface area contributed by atoms with Gasteiger partial charge in [-0.3, -0.25) is 4.68 Å². The predicted octanol–water partition coefficient (Wildman–Crippen LogP) is 4.83. The van der Waals surface area contributed by atoms with Gasteiger partial charge in [0.1, 0.15) is 17.7 Å². The molecule has 0 fully saturated rings. The van der Waals surface area contributed by atoms with Crippen molar-refractivity contribution in [3.8, 4) is 6.07 Å². The Morgan fingerprint density at radius 1 is 1.04 bits per heavy atom. The molecule has 3 rings (SSSR count). The van der Waals surface area contributed by atoms with Crippen LogP contribution in [0.2, 0.25) is 5.02 Å². The van der Waals surface area contributed by atoms with Gasteiger partial charge in [-0.2, -0.15) is 10.4 Å². The Labute approximate surface area is 155 Å². The van der Waals surface area contributed by atoms with Crippen molar-refractivity contribution < 1.29 is 8.78 Å². The molecule has 0 saturated carbocycles. The normalized spacial score (nSPS) is 10.7. The van der Waals surface area contributed by atoms with Crippen molar-refractivity contribution >= 4 is 11.6 Å². The van der Waals surface area contributed by atoms with Crippen LogP contribution in [0.5, 0.6) is 0 Å². The zero-order valence-corrected chi connectivity index (χ0v) is 14.9. The highest BCUT2D eigenvalue weighted by molar-refractivity contribution is 6.30. The highest BCUT2D eigenvalue weighted by Crippen LogP contribution is 2.21. The summed E-state index contributed by atoms with van der Waals surface area (Å²) in [6.07, 6.45) is 1.03. The van der Waals surface area contributed by atoms with Crippen LogP contribution in [0, 0.1) is 29.9 Å². The lowest BCUT2D eigenvalue weighted by Gasteiger charge is -2.12. The molecule has 1 aromatic heterocycles. The van der Waals surface area contributed by atoms with Gasteiger partial charge in [0.25, 0.3) is 0 Å². The Hall–Kier alpha value is -2.71. The maximum Gasteiger partial charge on any atom is 0.162 e. The van der Waals surface area contributed by atoms with Crippen molar-refractivity contribution in [2.45, 2.75) is 26.3 Å². The summed E-state index contributed by atoms with van der Waals surface area (Å²) >= 11 is 6.13. The fourth-order valence-electron chi connectivity index (χ4n) is 2.87. The summed E-state index contributed by atoms with van der Waals surface area (Å²) in [7, 11) is 0. The molecule has 132 valence electrons. The zero-order valence-electron chi connectivity index (χ0n) is 14.1. The van der Waals surface area contributed by atoms with Gasteiger partial charge < -0.3 is 0 Å². The summed E-state index contributed by atoms with van der Waals surface area (Å²) in [6.45, 7) is 2.35. The second-order valence-corrected chi connectivity index (χ2v) is 6.53. The molecule has 3 nitrogen and oxygen atoms in total. The lowest BCUT2D eigenvalue weighted by Crippen LogP contribution is -2.07. The number of rotatable bonds is 5. The summed E-state index contributed by atoms with van der Waals surface area (Å²) in [6, 6.07) is 12.9. The van der Waals surface area contributed by atoms with Crippen LogP contribution >= 0.6 is 11.6 Å². The molecule has 0 bridgehead atoms. The van der Waals surface area contributed by atoms with Crippen LogP contribution in [0.25, 0.3) is 0 Å². The van der Waals surface area contributed by atoms with Crippen molar-refractivity contribution in [3.05, 3.63) is 87.2 Å². The largest absolute Gasteiger partial charge is 0.264 e. The van der Waals surface area contributed by atoms with Crippen LogP contribution in [0.1, 0.15) is 28.1 Å². The van der Waals surface area contributed by atoms with Crippen LogP contribution in [0.4, 0.5) is 8.78 Å². The Balaban J connectivity index is 1.83. The van der Waals surface area contributed by atoms with Crippen LogP contribution in [-0.4, -0.2) is 9.78 Å². The molecule has 0 spiro atoms. The van der Waals surface area contributed by atoms with Crippen molar-refractivity contribution in [1.82, 2.24) is 9.78 Å². The fraction of sp³-hybridized carbons (Fsp3) is 0.200. The number of hydrogen-bond donors (Lipinski definition) is 0. The summed E-state index contributed by atoms with van der Waals surface area (Å²) in [5.74, 6) is -1.12. The Bertz CT molecular complexity index is 989. The van der Waals surface area contributed by atoms with E-state index in [1.807, 2.05) is 25.1 Å². The standard InChI is InChI=1S/C20H16ClF2N3/c1-13-8-19(11-24)25-26(13)12-16-9-17(21)6-4-14(16)2-3-15-5-7-18(22)10-20(15)23/h4-10H,2-3,12H2,1H3. The van der Waals surface area contributed by atoms with Gasteiger partial charge in [0.05, 0.1) is 6.54 Å². The first-order chi connectivity index (χ1) is 12.5. The first kappa shape index (κ1) is 18.1. The fourth-order valence-corrected chi connectivity index (χ4v) is 3.06. The van der Waals surface area contributed by atoms with Crippen LogP contribution in [-0.2, 0) is 19.4 Å². The van der Waals surface area contributed by atoms with E-state index in [-0.39, 0.29) is 0 Å². The highest BCUT2D eigenvalue weighted by Gasteiger charge is 2.10. The van der Waals surface area contributed by atoms with Gasteiger partial charge in [-0.25, -0.2) is 8.78 Å².